The van der Waals surface area contributed by atoms with E-state index in [9.17, 15) is 8.78 Å². The fourth-order valence-corrected chi connectivity index (χ4v) is 2.02. The first-order valence-corrected chi connectivity index (χ1v) is 5.20. The van der Waals surface area contributed by atoms with Gasteiger partial charge in [0.15, 0.2) is 0 Å². The van der Waals surface area contributed by atoms with Gasteiger partial charge >= 0.3 is 0 Å². The lowest BCUT2D eigenvalue weighted by atomic mass is 10.1. The largest absolute Gasteiger partial charge is 0.314 e. The molecule has 0 saturated carbocycles. The van der Waals surface area contributed by atoms with E-state index in [1.807, 2.05) is 4.90 Å². The topological polar surface area (TPSA) is 27.3 Å². The Morgan fingerprint density at radius 1 is 1.29 bits per heavy atom. The van der Waals surface area contributed by atoms with Crippen molar-refractivity contribution in [2.75, 3.05) is 39.3 Å². The Bertz CT molecular complexity index is 184. The van der Waals surface area contributed by atoms with Crippen LogP contribution in [-0.4, -0.2) is 56.1 Å². The van der Waals surface area contributed by atoms with Gasteiger partial charge in [-0.05, 0) is 6.42 Å². The van der Waals surface area contributed by atoms with Crippen LogP contribution in [0.3, 0.4) is 0 Å². The highest BCUT2D eigenvalue weighted by Gasteiger charge is 2.43. The highest BCUT2D eigenvalue weighted by Crippen LogP contribution is 2.26. The highest BCUT2D eigenvalue weighted by molar-refractivity contribution is 4.88. The van der Waals surface area contributed by atoms with Gasteiger partial charge in [0.2, 0.25) is 0 Å². The summed E-state index contributed by atoms with van der Waals surface area (Å²) in [5.41, 5.74) is 0. The van der Waals surface area contributed by atoms with Gasteiger partial charge in [0.25, 0.3) is 5.92 Å². The smallest absolute Gasteiger partial charge is 0.272 e. The van der Waals surface area contributed by atoms with Crippen LogP contribution in [0.5, 0.6) is 0 Å². The Morgan fingerprint density at radius 2 is 2.07 bits per heavy atom. The molecule has 0 aromatic rings. The Balaban J connectivity index is 1.59. The van der Waals surface area contributed by atoms with E-state index < -0.39 is 5.92 Å². The molecule has 2 heterocycles. The van der Waals surface area contributed by atoms with Gasteiger partial charge in [-0.2, -0.15) is 0 Å². The molecular weight excluding hydrogens is 188 g/mol. The molecule has 0 amide bonds. The van der Waals surface area contributed by atoms with Crippen LogP contribution >= 0.6 is 0 Å². The second-order valence-corrected chi connectivity index (χ2v) is 4.21. The molecule has 1 unspecified atom stereocenters. The summed E-state index contributed by atoms with van der Waals surface area (Å²) in [6.07, 6.45) is 0.961. The number of rotatable bonds is 3. The molecule has 2 rings (SSSR count). The van der Waals surface area contributed by atoms with Crippen LogP contribution in [0.15, 0.2) is 0 Å². The molecule has 0 bridgehead atoms. The van der Waals surface area contributed by atoms with Gasteiger partial charge in [0, 0.05) is 32.2 Å². The number of nitrogens with zero attached hydrogens (tertiary/aromatic N) is 1. The maximum atomic E-state index is 12.5. The molecule has 0 radical (unpaired) electrons. The zero-order valence-corrected chi connectivity index (χ0v) is 8.23. The summed E-state index contributed by atoms with van der Waals surface area (Å²) in [5, 5.41) is 6.65. The molecule has 0 spiro atoms. The lowest BCUT2D eigenvalue weighted by molar-refractivity contribution is -0.130. The number of likely N-dealkylation sites (tertiary alicyclic amines) is 1. The summed E-state index contributed by atoms with van der Waals surface area (Å²) < 4.78 is 25.0. The summed E-state index contributed by atoms with van der Waals surface area (Å²) in [6, 6.07) is 0.456. The van der Waals surface area contributed by atoms with Crippen molar-refractivity contribution in [3.05, 3.63) is 0 Å². The van der Waals surface area contributed by atoms with Crippen LogP contribution in [0.25, 0.3) is 0 Å². The maximum absolute atomic E-state index is 12.5. The molecule has 2 N–H and O–H groups in total. The lowest BCUT2D eigenvalue weighted by Gasteiger charge is -2.39. The van der Waals surface area contributed by atoms with E-state index in [-0.39, 0.29) is 13.1 Å². The van der Waals surface area contributed by atoms with Crippen molar-refractivity contribution in [1.29, 1.82) is 0 Å². The van der Waals surface area contributed by atoms with Gasteiger partial charge in [-0.3, -0.25) is 4.90 Å². The SMILES string of the molecule is FC1(F)CN(CCC2CNCCN2)C1. The fraction of sp³-hybridized carbons (Fsp3) is 1.00. The van der Waals surface area contributed by atoms with Crippen molar-refractivity contribution >= 4 is 0 Å². The molecule has 0 aromatic carbocycles. The van der Waals surface area contributed by atoms with Crippen LogP contribution in [0.4, 0.5) is 8.78 Å². The number of halogens is 2. The third-order valence-corrected chi connectivity index (χ3v) is 2.83. The van der Waals surface area contributed by atoms with Gasteiger partial charge in [0.05, 0.1) is 13.1 Å². The average molecular weight is 205 g/mol. The monoisotopic (exact) mass is 205 g/mol. The van der Waals surface area contributed by atoms with Crippen molar-refractivity contribution in [2.24, 2.45) is 0 Å². The second kappa shape index (κ2) is 4.08. The van der Waals surface area contributed by atoms with Crippen LogP contribution < -0.4 is 10.6 Å². The first-order valence-electron chi connectivity index (χ1n) is 5.20. The number of piperazine rings is 1. The normalized spacial score (nSPS) is 32.6. The van der Waals surface area contributed by atoms with Crippen molar-refractivity contribution in [3.63, 3.8) is 0 Å². The molecule has 2 fully saturated rings. The van der Waals surface area contributed by atoms with Crippen molar-refractivity contribution in [3.8, 4) is 0 Å². The van der Waals surface area contributed by atoms with Crippen molar-refractivity contribution in [2.45, 2.75) is 18.4 Å². The minimum Gasteiger partial charge on any atom is -0.314 e. The van der Waals surface area contributed by atoms with Crippen molar-refractivity contribution in [1.82, 2.24) is 15.5 Å². The number of nitrogens with one attached hydrogen (secondary N) is 2. The minimum absolute atomic E-state index is 0.0485. The molecule has 2 saturated heterocycles. The van der Waals surface area contributed by atoms with Crippen LogP contribution in [0.2, 0.25) is 0 Å². The van der Waals surface area contributed by atoms with Crippen LogP contribution in [0.1, 0.15) is 6.42 Å². The van der Waals surface area contributed by atoms with E-state index in [0.29, 0.717) is 6.04 Å². The van der Waals surface area contributed by atoms with E-state index in [1.54, 1.807) is 0 Å². The minimum atomic E-state index is -2.42. The zero-order chi connectivity index (χ0) is 10.0. The summed E-state index contributed by atoms with van der Waals surface area (Å²) in [7, 11) is 0. The van der Waals surface area contributed by atoms with Gasteiger partial charge < -0.3 is 10.6 Å². The molecule has 2 aliphatic rings. The third-order valence-electron chi connectivity index (χ3n) is 2.83. The van der Waals surface area contributed by atoms with Gasteiger partial charge in [-0.1, -0.05) is 0 Å². The Labute approximate surface area is 82.8 Å². The zero-order valence-electron chi connectivity index (χ0n) is 8.23. The second-order valence-electron chi connectivity index (χ2n) is 4.21. The summed E-state index contributed by atoms with van der Waals surface area (Å²) in [6.45, 7) is 3.65. The van der Waals surface area contributed by atoms with E-state index in [0.717, 1.165) is 32.6 Å². The standard InChI is InChI=1S/C9H17F2N3/c10-9(11)6-14(7-9)4-1-8-5-12-2-3-13-8/h8,12-13H,1-7H2. The molecule has 0 aliphatic carbocycles. The number of hydrogen-bond acceptors (Lipinski definition) is 3. The molecule has 1 atom stereocenters. The summed E-state index contributed by atoms with van der Waals surface area (Å²) in [4.78, 5) is 1.82. The molecule has 82 valence electrons. The molecule has 2 aliphatic heterocycles. The predicted molar refractivity (Wildman–Crippen MR) is 50.7 cm³/mol. The van der Waals surface area contributed by atoms with Gasteiger partial charge in [-0.15, -0.1) is 0 Å². The molecule has 0 aromatic heterocycles. The van der Waals surface area contributed by atoms with Crippen molar-refractivity contribution < 1.29 is 8.78 Å². The average Bonchev–Trinajstić information content (AvgIpc) is 2.13. The molecular formula is C9H17F2N3. The van der Waals surface area contributed by atoms with E-state index in [1.165, 1.54) is 0 Å². The number of alkyl halides is 2. The molecule has 14 heavy (non-hydrogen) atoms. The van der Waals surface area contributed by atoms with Crippen LogP contribution in [-0.2, 0) is 0 Å². The Hall–Kier alpha value is -0.260. The van der Waals surface area contributed by atoms with E-state index in [4.69, 9.17) is 0 Å². The Kier molecular flexibility index (Phi) is 2.99. The fourth-order valence-electron chi connectivity index (χ4n) is 2.02. The first-order chi connectivity index (χ1) is 6.66. The first kappa shape index (κ1) is 10.3. The predicted octanol–water partition coefficient (Wildman–Crippen LogP) is -0.111. The van der Waals surface area contributed by atoms with Gasteiger partial charge in [-0.25, -0.2) is 8.78 Å². The molecule has 3 nitrogen and oxygen atoms in total. The Morgan fingerprint density at radius 3 is 2.64 bits per heavy atom. The highest BCUT2D eigenvalue weighted by atomic mass is 19.3. The van der Waals surface area contributed by atoms with E-state index >= 15 is 0 Å². The van der Waals surface area contributed by atoms with Gasteiger partial charge in [0.1, 0.15) is 0 Å². The maximum Gasteiger partial charge on any atom is 0.272 e. The quantitative estimate of drug-likeness (QED) is 0.673. The van der Waals surface area contributed by atoms with Crippen LogP contribution in [0, 0.1) is 0 Å². The number of hydrogen-bond donors (Lipinski definition) is 2. The summed E-state index contributed by atoms with van der Waals surface area (Å²) in [5.74, 6) is -2.42. The van der Waals surface area contributed by atoms with E-state index in [2.05, 4.69) is 10.6 Å². The molecule has 5 heteroatoms. The third kappa shape index (κ3) is 2.62. The summed E-state index contributed by atoms with van der Waals surface area (Å²) >= 11 is 0. The lowest BCUT2D eigenvalue weighted by Crippen LogP contribution is -2.57.